The first-order valence-corrected chi connectivity index (χ1v) is 3.64. The van der Waals surface area contributed by atoms with E-state index in [4.69, 9.17) is 0 Å². The van der Waals surface area contributed by atoms with Crippen LogP contribution < -0.4 is 21.9 Å². The summed E-state index contributed by atoms with van der Waals surface area (Å²) < 4.78 is 0. The topological polar surface area (TPSA) is 48.1 Å². The van der Waals surface area contributed by atoms with Gasteiger partial charge in [0.15, 0.2) is 0 Å². The molecule has 10 heavy (non-hydrogen) atoms. The molecule has 0 aliphatic carbocycles. The highest BCUT2D eigenvalue weighted by Gasteiger charge is 1.89. The van der Waals surface area contributed by atoms with Gasteiger partial charge >= 0.3 is 0 Å². The molecule has 0 spiro atoms. The van der Waals surface area contributed by atoms with Gasteiger partial charge in [0.05, 0.1) is 0 Å². The Kier molecular flexibility index (Phi) is 5.52. The monoisotopic (exact) mass is 146 g/mol. The third-order valence-corrected chi connectivity index (χ3v) is 0.784. The molecular weight excluding hydrogens is 128 g/mol. The number of hydrogen-bond acceptors (Lipinski definition) is 4. The van der Waals surface area contributed by atoms with Crippen LogP contribution >= 0.6 is 0 Å². The van der Waals surface area contributed by atoms with Crippen LogP contribution in [0.3, 0.4) is 0 Å². The number of hydrogen-bond donors (Lipinski definition) is 4. The summed E-state index contributed by atoms with van der Waals surface area (Å²) in [5, 5.41) is 0. The molecule has 0 unspecified atom stereocenters. The Labute approximate surface area is 62.7 Å². The minimum Gasteiger partial charge on any atom is -0.241 e. The molecule has 62 valence electrons. The van der Waals surface area contributed by atoms with Crippen LogP contribution in [-0.4, -0.2) is 12.1 Å². The van der Waals surface area contributed by atoms with Crippen molar-refractivity contribution in [2.45, 2.75) is 39.8 Å². The summed E-state index contributed by atoms with van der Waals surface area (Å²) >= 11 is 0. The van der Waals surface area contributed by atoms with Crippen LogP contribution in [0.25, 0.3) is 0 Å². The fraction of sp³-hybridized carbons (Fsp3) is 1.00. The zero-order valence-corrected chi connectivity index (χ0v) is 7.15. The largest absolute Gasteiger partial charge is 0.241 e. The maximum atomic E-state index is 2.98. The van der Waals surface area contributed by atoms with E-state index in [0.29, 0.717) is 12.1 Å². The van der Waals surface area contributed by atoms with E-state index < -0.39 is 0 Å². The molecule has 0 saturated carbocycles. The van der Waals surface area contributed by atoms with Crippen LogP contribution in [0.5, 0.6) is 0 Å². The van der Waals surface area contributed by atoms with Crippen molar-refractivity contribution >= 4 is 0 Å². The molecular formula is C6H18N4. The summed E-state index contributed by atoms with van der Waals surface area (Å²) in [6, 6.07) is 0.864. The third kappa shape index (κ3) is 7.84. The van der Waals surface area contributed by atoms with E-state index in [0.717, 1.165) is 0 Å². The predicted octanol–water partition coefficient (Wildman–Crippen LogP) is -0.0934. The second-order valence-corrected chi connectivity index (χ2v) is 2.85. The van der Waals surface area contributed by atoms with Gasteiger partial charge in [-0.2, -0.15) is 11.1 Å². The zero-order chi connectivity index (χ0) is 7.98. The van der Waals surface area contributed by atoms with Crippen LogP contribution in [-0.2, 0) is 0 Å². The van der Waals surface area contributed by atoms with Crippen molar-refractivity contribution in [3.63, 3.8) is 0 Å². The quantitative estimate of drug-likeness (QED) is 0.323. The lowest BCUT2D eigenvalue weighted by molar-refractivity contribution is 0.325. The SMILES string of the molecule is CC(C)NNNNC(C)C. The summed E-state index contributed by atoms with van der Waals surface area (Å²) in [7, 11) is 0. The molecule has 0 amide bonds. The van der Waals surface area contributed by atoms with Crippen molar-refractivity contribution in [3.05, 3.63) is 0 Å². The molecule has 0 heterocycles. The van der Waals surface area contributed by atoms with Gasteiger partial charge < -0.3 is 0 Å². The Bertz CT molecular complexity index is 62.1. The molecule has 0 saturated heterocycles. The lowest BCUT2D eigenvalue weighted by atomic mass is 10.4. The van der Waals surface area contributed by atoms with Crippen molar-refractivity contribution < 1.29 is 0 Å². The van der Waals surface area contributed by atoms with Gasteiger partial charge in [-0.05, 0) is 27.7 Å². The van der Waals surface area contributed by atoms with Crippen molar-refractivity contribution in [2.24, 2.45) is 0 Å². The van der Waals surface area contributed by atoms with Gasteiger partial charge in [0.1, 0.15) is 0 Å². The summed E-state index contributed by atoms with van der Waals surface area (Å²) in [6.45, 7) is 8.24. The Balaban J connectivity index is 2.91. The molecule has 0 fully saturated rings. The Morgan fingerprint density at radius 2 is 1.00 bits per heavy atom. The van der Waals surface area contributed by atoms with Gasteiger partial charge in [0.2, 0.25) is 0 Å². The molecule has 0 aliphatic heterocycles. The van der Waals surface area contributed by atoms with Crippen molar-refractivity contribution in [1.29, 1.82) is 0 Å². The lowest BCUT2D eigenvalue weighted by Gasteiger charge is -2.13. The Morgan fingerprint density at radius 1 is 0.700 bits per heavy atom. The summed E-state index contributed by atoms with van der Waals surface area (Å²) in [5.41, 5.74) is 11.6. The molecule has 0 atom stereocenters. The van der Waals surface area contributed by atoms with Crippen LogP contribution in [0.2, 0.25) is 0 Å². The normalized spacial score (nSPS) is 11.4. The third-order valence-electron chi connectivity index (χ3n) is 0.784. The average Bonchev–Trinajstić information content (AvgIpc) is 1.79. The molecule has 4 N–H and O–H groups in total. The summed E-state index contributed by atoms with van der Waals surface area (Å²) in [5.74, 6) is 0. The molecule has 0 radical (unpaired) electrons. The van der Waals surface area contributed by atoms with Gasteiger partial charge in [-0.3, -0.25) is 0 Å². The molecule has 0 aromatic carbocycles. The smallest absolute Gasteiger partial charge is 0.0170 e. The predicted molar refractivity (Wildman–Crippen MR) is 42.8 cm³/mol. The summed E-state index contributed by atoms with van der Waals surface area (Å²) in [4.78, 5) is 0. The standard InChI is InChI=1S/C6H18N4/c1-5(2)7-9-10-8-6(3)4/h5-10H,1-4H3. The van der Waals surface area contributed by atoms with E-state index in [9.17, 15) is 0 Å². The van der Waals surface area contributed by atoms with Gasteiger partial charge in [-0.1, -0.05) is 0 Å². The maximum Gasteiger partial charge on any atom is 0.0170 e. The van der Waals surface area contributed by atoms with Gasteiger partial charge in [-0.15, -0.1) is 0 Å². The zero-order valence-electron chi connectivity index (χ0n) is 7.15. The second kappa shape index (κ2) is 5.61. The minimum atomic E-state index is 0.432. The van der Waals surface area contributed by atoms with E-state index in [1.54, 1.807) is 0 Å². The highest BCUT2D eigenvalue weighted by molar-refractivity contribution is 4.45. The molecule has 4 nitrogen and oxygen atoms in total. The molecule has 4 heteroatoms. The van der Waals surface area contributed by atoms with Crippen molar-refractivity contribution in [2.75, 3.05) is 0 Å². The summed E-state index contributed by atoms with van der Waals surface area (Å²) in [6.07, 6.45) is 0. The molecule has 0 aromatic heterocycles. The molecule has 0 bridgehead atoms. The van der Waals surface area contributed by atoms with Gasteiger partial charge in [-0.25, -0.2) is 10.9 Å². The highest BCUT2D eigenvalue weighted by Crippen LogP contribution is 1.69. The highest BCUT2D eigenvalue weighted by atomic mass is 15.7. The van der Waals surface area contributed by atoms with E-state index in [-0.39, 0.29) is 0 Å². The van der Waals surface area contributed by atoms with E-state index in [1.165, 1.54) is 0 Å². The first-order chi connectivity index (χ1) is 4.63. The average molecular weight is 146 g/mol. The first-order valence-electron chi connectivity index (χ1n) is 3.64. The second-order valence-electron chi connectivity index (χ2n) is 2.85. The minimum absolute atomic E-state index is 0.432. The lowest BCUT2D eigenvalue weighted by Crippen LogP contribution is -2.54. The molecule has 0 aromatic rings. The van der Waals surface area contributed by atoms with E-state index >= 15 is 0 Å². The Morgan fingerprint density at radius 3 is 1.20 bits per heavy atom. The van der Waals surface area contributed by atoms with Crippen LogP contribution in [0, 0.1) is 0 Å². The van der Waals surface area contributed by atoms with Crippen LogP contribution in [0.4, 0.5) is 0 Å². The van der Waals surface area contributed by atoms with Crippen molar-refractivity contribution in [3.8, 4) is 0 Å². The van der Waals surface area contributed by atoms with Crippen LogP contribution in [0.1, 0.15) is 27.7 Å². The van der Waals surface area contributed by atoms with E-state index in [1.807, 2.05) is 0 Å². The number of rotatable bonds is 5. The van der Waals surface area contributed by atoms with Crippen LogP contribution in [0.15, 0.2) is 0 Å². The maximum absolute atomic E-state index is 2.98. The first kappa shape index (κ1) is 9.84. The van der Waals surface area contributed by atoms with Gasteiger partial charge in [0.25, 0.3) is 0 Å². The van der Waals surface area contributed by atoms with E-state index in [2.05, 4.69) is 49.6 Å². The molecule has 0 rings (SSSR count). The fourth-order valence-corrected chi connectivity index (χ4v) is 0.361. The number of hydrazine groups is 3. The number of nitrogens with one attached hydrogen (secondary N) is 4. The Hall–Kier alpha value is -0.160. The van der Waals surface area contributed by atoms with Gasteiger partial charge in [0, 0.05) is 12.1 Å². The van der Waals surface area contributed by atoms with Crippen molar-refractivity contribution in [1.82, 2.24) is 21.9 Å². The fourth-order valence-electron chi connectivity index (χ4n) is 0.361. The molecule has 0 aliphatic rings.